The molecule has 29 heavy (non-hydrogen) atoms. The highest BCUT2D eigenvalue weighted by Crippen LogP contribution is 2.26. The van der Waals surface area contributed by atoms with Gasteiger partial charge in [-0.3, -0.25) is 4.68 Å². The van der Waals surface area contributed by atoms with Crippen LogP contribution in [-0.2, 0) is 13.0 Å². The standard InChI is InChI=1S/C21H22N6.2ClH/c22-12-11-20-24-18-10-5-4-9-17(18)21(26-20)25-19(15-27-14-6-13-23-27)16-7-2-1-3-8-16;;/h1-10,13-14,19H,11-12,15,22H2,(H,24,25,26);2*1H. The summed E-state index contributed by atoms with van der Waals surface area (Å²) < 4.78 is 1.93. The van der Waals surface area contributed by atoms with Gasteiger partial charge in [0.2, 0.25) is 0 Å². The van der Waals surface area contributed by atoms with E-state index in [1.807, 2.05) is 59.4 Å². The smallest absolute Gasteiger partial charge is 0.138 e. The maximum absolute atomic E-state index is 5.73. The Hall–Kier alpha value is -2.67. The van der Waals surface area contributed by atoms with E-state index in [2.05, 4.69) is 27.5 Å². The van der Waals surface area contributed by atoms with E-state index in [9.17, 15) is 0 Å². The summed E-state index contributed by atoms with van der Waals surface area (Å²) in [6, 6.07) is 20.3. The molecular formula is C21H24Cl2N6. The molecule has 2 heterocycles. The van der Waals surface area contributed by atoms with Gasteiger partial charge in [-0.05, 0) is 30.3 Å². The average Bonchev–Trinajstić information content (AvgIpc) is 3.22. The maximum Gasteiger partial charge on any atom is 0.138 e. The Balaban J connectivity index is 0.00000150. The molecule has 2 aromatic carbocycles. The fourth-order valence-corrected chi connectivity index (χ4v) is 3.16. The molecule has 0 aliphatic carbocycles. The summed E-state index contributed by atoms with van der Waals surface area (Å²) in [7, 11) is 0. The van der Waals surface area contributed by atoms with Crippen LogP contribution in [0.5, 0.6) is 0 Å². The van der Waals surface area contributed by atoms with Gasteiger partial charge in [0, 0.05) is 24.2 Å². The van der Waals surface area contributed by atoms with Crippen molar-refractivity contribution in [2.24, 2.45) is 5.73 Å². The molecule has 0 saturated heterocycles. The minimum absolute atomic E-state index is 0. The Morgan fingerprint density at radius 3 is 2.41 bits per heavy atom. The molecule has 0 bridgehead atoms. The van der Waals surface area contributed by atoms with Crippen LogP contribution in [0.4, 0.5) is 5.82 Å². The Labute approximate surface area is 182 Å². The molecule has 0 spiro atoms. The molecule has 0 aliphatic rings. The van der Waals surface area contributed by atoms with Gasteiger partial charge < -0.3 is 11.1 Å². The monoisotopic (exact) mass is 430 g/mol. The van der Waals surface area contributed by atoms with E-state index in [1.165, 1.54) is 5.56 Å². The second-order valence-corrected chi connectivity index (χ2v) is 6.38. The molecule has 0 aliphatic heterocycles. The molecule has 1 atom stereocenters. The lowest BCUT2D eigenvalue weighted by atomic mass is 10.1. The van der Waals surface area contributed by atoms with Crippen molar-refractivity contribution in [1.82, 2.24) is 19.7 Å². The zero-order valence-electron chi connectivity index (χ0n) is 15.8. The van der Waals surface area contributed by atoms with Crippen LogP contribution in [0.1, 0.15) is 17.4 Å². The number of fused-ring (bicyclic) bond motifs is 1. The number of para-hydroxylation sites is 1. The Kier molecular flexibility index (Phi) is 8.39. The van der Waals surface area contributed by atoms with E-state index in [1.54, 1.807) is 6.20 Å². The van der Waals surface area contributed by atoms with E-state index in [-0.39, 0.29) is 30.9 Å². The Bertz CT molecular complexity index is 1010. The minimum Gasteiger partial charge on any atom is -0.361 e. The second-order valence-electron chi connectivity index (χ2n) is 6.38. The van der Waals surface area contributed by atoms with Crippen LogP contribution in [0, 0.1) is 0 Å². The quantitative estimate of drug-likeness (QED) is 0.462. The molecule has 0 radical (unpaired) electrons. The molecular weight excluding hydrogens is 407 g/mol. The minimum atomic E-state index is 0. The summed E-state index contributed by atoms with van der Waals surface area (Å²) in [5.41, 5.74) is 7.82. The molecule has 8 heteroatoms. The van der Waals surface area contributed by atoms with E-state index in [4.69, 9.17) is 10.7 Å². The van der Waals surface area contributed by atoms with Crippen LogP contribution in [0.3, 0.4) is 0 Å². The van der Waals surface area contributed by atoms with Crippen molar-refractivity contribution in [1.29, 1.82) is 0 Å². The van der Waals surface area contributed by atoms with Crippen molar-refractivity contribution in [3.63, 3.8) is 0 Å². The van der Waals surface area contributed by atoms with Gasteiger partial charge in [-0.1, -0.05) is 42.5 Å². The number of aromatic nitrogens is 4. The lowest BCUT2D eigenvalue weighted by Gasteiger charge is -2.21. The van der Waals surface area contributed by atoms with Crippen molar-refractivity contribution in [2.75, 3.05) is 11.9 Å². The zero-order valence-corrected chi connectivity index (χ0v) is 17.4. The van der Waals surface area contributed by atoms with E-state index >= 15 is 0 Å². The number of rotatable bonds is 7. The van der Waals surface area contributed by atoms with Crippen LogP contribution < -0.4 is 11.1 Å². The predicted octanol–water partition coefficient (Wildman–Crippen LogP) is 4.02. The van der Waals surface area contributed by atoms with Crippen LogP contribution in [0.2, 0.25) is 0 Å². The number of benzene rings is 2. The van der Waals surface area contributed by atoms with Gasteiger partial charge in [0.25, 0.3) is 0 Å². The van der Waals surface area contributed by atoms with Gasteiger partial charge in [-0.15, -0.1) is 24.8 Å². The summed E-state index contributed by atoms with van der Waals surface area (Å²) >= 11 is 0. The lowest BCUT2D eigenvalue weighted by molar-refractivity contribution is 0.550. The van der Waals surface area contributed by atoms with Crippen LogP contribution in [-0.4, -0.2) is 26.3 Å². The lowest BCUT2D eigenvalue weighted by Crippen LogP contribution is -2.19. The molecule has 0 saturated carbocycles. The first-order valence-electron chi connectivity index (χ1n) is 9.08. The molecule has 3 N–H and O–H groups in total. The molecule has 2 aromatic heterocycles. The first-order valence-corrected chi connectivity index (χ1v) is 9.08. The number of halogens is 2. The molecule has 152 valence electrons. The third kappa shape index (κ3) is 5.44. The molecule has 6 nitrogen and oxygen atoms in total. The van der Waals surface area contributed by atoms with E-state index in [0.29, 0.717) is 19.5 Å². The molecule has 0 fully saturated rings. The Morgan fingerprint density at radius 2 is 1.69 bits per heavy atom. The summed E-state index contributed by atoms with van der Waals surface area (Å²) in [4.78, 5) is 9.39. The van der Waals surface area contributed by atoms with Gasteiger partial charge in [0.1, 0.15) is 11.6 Å². The molecule has 0 amide bonds. The van der Waals surface area contributed by atoms with Gasteiger partial charge in [-0.2, -0.15) is 5.10 Å². The van der Waals surface area contributed by atoms with Gasteiger partial charge in [0.15, 0.2) is 0 Å². The second kappa shape index (κ2) is 10.8. The highest BCUT2D eigenvalue weighted by atomic mass is 35.5. The topological polar surface area (TPSA) is 81.6 Å². The zero-order chi connectivity index (χ0) is 18.5. The maximum atomic E-state index is 5.73. The van der Waals surface area contributed by atoms with Crippen molar-refractivity contribution in [2.45, 2.75) is 19.0 Å². The summed E-state index contributed by atoms with van der Waals surface area (Å²) in [5, 5.41) is 8.98. The molecule has 4 aromatic rings. The van der Waals surface area contributed by atoms with Crippen LogP contribution in [0.15, 0.2) is 73.1 Å². The van der Waals surface area contributed by atoms with Crippen molar-refractivity contribution in [3.8, 4) is 0 Å². The van der Waals surface area contributed by atoms with Crippen molar-refractivity contribution < 1.29 is 0 Å². The van der Waals surface area contributed by atoms with Crippen LogP contribution in [0.25, 0.3) is 10.9 Å². The number of nitrogens with one attached hydrogen (secondary N) is 1. The molecule has 1 unspecified atom stereocenters. The third-order valence-corrected chi connectivity index (χ3v) is 4.46. The number of nitrogens with zero attached hydrogens (tertiary/aromatic N) is 4. The SMILES string of the molecule is Cl.Cl.NCCc1nc(NC(Cn2cccn2)c2ccccc2)c2ccccc2n1. The highest BCUT2D eigenvalue weighted by molar-refractivity contribution is 5.89. The normalized spacial score (nSPS) is 11.3. The van der Waals surface area contributed by atoms with E-state index < -0.39 is 0 Å². The number of nitrogens with two attached hydrogens (primary N) is 1. The largest absolute Gasteiger partial charge is 0.361 e. The first kappa shape index (κ1) is 22.6. The number of anilines is 1. The number of hydrogen-bond donors (Lipinski definition) is 2. The third-order valence-electron chi connectivity index (χ3n) is 4.46. The summed E-state index contributed by atoms with van der Waals surface area (Å²) in [6.45, 7) is 1.22. The Morgan fingerprint density at radius 1 is 0.931 bits per heavy atom. The summed E-state index contributed by atoms with van der Waals surface area (Å²) in [5.74, 6) is 1.58. The van der Waals surface area contributed by atoms with Crippen molar-refractivity contribution >= 4 is 41.5 Å². The first-order chi connectivity index (χ1) is 13.3. The van der Waals surface area contributed by atoms with Gasteiger partial charge in [0.05, 0.1) is 18.1 Å². The van der Waals surface area contributed by atoms with E-state index in [0.717, 1.165) is 22.5 Å². The highest BCUT2D eigenvalue weighted by Gasteiger charge is 2.16. The van der Waals surface area contributed by atoms with Gasteiger partial charge >= 0.3 is 0 Å². The molecule has 4 rings (SSSR count). The van der Waals surface area contributed by atoms with Crippen molar-refractivity contribution in [3.05, 3.63) is 84.4 Å². The van der Waals surface area contributed by atoms with Gasteiger partial charge in [-0.25, -0.2) is 9.97 Å². The fraction of sp³-hybridized carbons (Fsp3) is 0.190. The fourth-order valence-electron chi connectivity index (χ4n) is 3.16. The van der Waals surface area contributed by atoms with Crippen LogP contribution >= 0.6 is 24.8 Å². The average molecular weight is 431 g/mol. The summed E-state index contributed by atoms with van der Waals surface area (Å²) in [6.07, 6.45) is 4.41. The predicted molar refractivity (Wildman–Crippen MR) is 122 cm³/mol. The number of hydrogen-bond acceptors (Lipinski definition) is 5.